The zero-order valence-corrected chi connectivity index (χ0v) is 16.2. The molecule has 0 amide bonds. The molecule has 1 N–H and O–H groups in total. The average molecular weight is 418 g/mol. The number of hydrogen-bond acceptors (Lipinski definition) is 8. The van der Waals surface area contributed by atoms with E-state index in [-0.39, 0.29) is 30.6 Å². The lowest BCUT2D eigenvalue weighted by atomic mass is 9.66. The van der Waals surface area contributed by atoms with E-state index < -0.39 is 29.8 Å². The monoisotopic (exact) mass is 418 g/mol. The van der Waals surface area contributed by atoms with Crippen molar-refractivity contribution in [2.24, 2.45) is 11.8 Å². The SMILES string of the molecule is COc1cc([C@@H]2c3cc4c(cc3C(O)[C@H]3COC(=O)[C@H]23)OCO4)cc(OC)c1OF. The second-order valence-corrected chi connectivity index (χ2v) is 7.41. The topological polar surface area (TPSA) is 92.7 Å². The Hall–Kier alpha value is -3.20. The predicted octanol–water partition coefficient (Wildman–Crippen LogP) is 2.66. The lowest BCUT2D eigenvalue weighted by molar-refractivity contribution is -0.141. The zero-order chi connectivity index (χ0) is 21.0. The predicted molar refractivity (Wildman–Crippen MR) is 98.6 cm³/mol. The largest absolute Gasteiger partial charge is 0.493 e. The molecule has 1 unspecified atom stereocenters. The van der Waals surface area contributed by atoms with Crippen molar-refractivity contribution in [1.82, 2.24) is 0 Å². The summed E-state index contributed by atoms with van der Waals surface area (Å²) in [7, 11) is 2.76. The maximum absolute atomic E-state index is 13.1. The molecule has 2 aromatic rings. The number of fused-ring (bicyclic) bond motifs is 3. The molecular formula is C21H19FO8. The van der Waals surface area contributed by atoms with E-state index in [0.717, 1.165) is 0 Å². The van der Waals surface area contributed by atoms with E-state index in [0.29, 0.717) is 28.2 Å². The fourth-order valence-corrected chi connectivity index (χ4v) is 4.69. The Morgan fingerprint density at radius 1 is 1.00 bits per heavy atom. The molecule has 0 bridgehead atoms. The van der Waals surface area contributed by atoms with Crippen LogP contribution in [-0.2, 0) is 9.53 Å². The number of carbonyl (C=O) groups is 1. The highest BCUT2D eigenvalue weighted by Crippen LogP contribution is 2.55. The molecule has 0 saturated carbocycles. The van der Waals surface area contributed by atoms with E-state index >= 15 is 0 Å². The van der Waals surface area contributed by atoms with E-state index in [1.807, 2.05) is 0 Å². The average Bonchev–Trinajstić information content (AvgIpc) is 3.38. The molecule has 8 nitrogen and oxygen atoms in total. The van der Waals surface area contributed by atoms with Gasteiger partial charge >= 0.3 is 5.97 Å². The van der Waals surface area contributed by atoms with Crippen molar-refractivity contribution in [1.29, 1.82) is 0 Å². The normalized spacial score (nSPS) is 25.9. The number of rotatable bonds is 4. The summed E-state index contributed by atoms with van der Waals surface area (Å²) < 4.78 is 39.9. The molecule has 0 spiro atoms. The van der Waals surface area contributed by atoms with Gasteiger partial charge in [0.25, 0.3) is 5.75 Å². The van der Waals surface area contributed by atoms with Crippen molar-refractivity contribution in [2.45, 2.75) is 12.0 Å². The smallest absolute Gasteiger partial charge is 0.310 e. The molecule has 0 radical (unpaired) electrons. The summed E-state index contributed by atoms with van der Waals surface area (Å²) in [5.41, 5.74) is 1.96. The van der Waals surface area contributed by atoms with Crippen LogP contribution in [0.5, 0.6) is 28.7 Å². The summed E-state index contributed by atoms with van der Waals surface area (Å²) in [5, 5.41) is 11.0. The number of methoxy groups -OCH3 is 2. The molecule has 5 rings (SSSR count). The Morgan fingerprint density at radius 2 is 1.63 bits per heavy atom. The molecule has 3 aliphatic rings. The molecule has 1 aliphatic carbocycles. The quantitative estimate of drug-likeness (QED) is 0.758. The van der Waals surface area contributed by atoms with E-state index in [9.17, 15) is 14.4 Å². The van der Waals surface area contributed by atoms with Crippen LogP contribution >= 0.6 is 0 Å². The number of esters is 1. The number of carbonyl (C=O) groups excluding carboxylic acids is 1. The second-order valence-electron chi connectivity index (χ2n) is 7.41. The third kappa shape index (κ3) is 2.58. The molecule has 0 aromatic heterocycles. The van der Waals surface area contributed by atoms with Crippen LogP contribution in [0.15, 0.2) is 24.3 Å². The fraction of sp³-hybridized carbons (Fsp3) is 0.381. The lowest BCUT2D eigenvalue weighted by Crippen LogP contribution is -2.34. The first-order chi connectivity index (χ1) is 14.6. The first-order valence-corrected chi connectivity index (χ1v) is 9.40. The third-order valence-electron chi connectivity index (χ3n) is 6.07. The maximum atomic E-state index is 13.1. The van der Waals surface area contributed by atoms with Crippen molar-refractivity contribution in [3.8, 4) is 28.7 Å². The summed E-state index contributed by atoms with van der Waals surface area (Å²) >= 11 is 0. The zero-order valence-electron chi connectivity index (χ0n) is 16.2. The Kier molecular flexibility index (Phi) is 4.35. The van der Waals surface area contributed by atoms with Crippen LogP contribution in [0, 0.1) is 11.8 Å². The van der Waals surface area contributed by atoms with Gasteiger partial charge in [0.05, 0.1) is 32.8 Å². The van der Waals surface area contributed by atoms with Crippen molar-refractivity contribution in [3.63, 3.8) is 0 Å². The Balaban J connectivity index is 1.74. The number of halogens is 1. The third-order valence-corrected chi connectivity index (χ3v) is 6.07. The number of aliphatic hydroxyl groups is 1. The van der Waals surface area contributed by atoms with Gasteiger partial charge in [-0.2, -0.15) is 0 Å². The molecule has 1 saturated heterocycles. The van der Waals surface area contributed by atoms with Crippen molar-refractivity contribution >= 4 is 5.97 Å². The Bertz CT molecular complexity index is 997. The van der Waals surface area contributed by atoms with Gasteiger partial charge in [0.15, 0.2) is 23.0 Å². The molecule has 2 aliphatic heterocycles. The summed E-state index contributed by atoms with van der Waals surface area (Å²) in [4.78, 5) is 16.6. The minimum Gasteiger partial charge on any atom is -0.493 e. The van der Waals surface area contributed by atoms with Crippen LogP contribution in [-0.4, -0.2) is 38.7 Å². The van der Waals surface area contributed by atoms with Gasteiger partial charge in [-0.25, -0.2) is 0 Å². The van der Waals surface area contributed by atoms with Crippen LogP contribution in [0.4, 0.5) is 4.53 Å². The van der Waals surface area contributed by atoms with Crippen molar-refractivity contribution < 1.29 is 43.1 Å². The van der Waals surface area contributed by atoms with E-state index in [1.54, 1.807) is 24.3 Å². The molecule has 4 atom stereocenters. The van der Waals surface area contributed by atoms with Gasteiger partial charge in [-0.1, -0.05) is 0 Å². The first kappa shape index (κ1) is 18.8. The first-order valence-electron chi connectivity index (χ1n) is 9.40. The van der Waals surface area contributed by atoms with Gasteiger partial charge in [0.2, 0.25) is 6.79 Å². The lowest BCUT2D eigenvalue weighted by Gasteiger charge is -2.37. The van der Waals surface area contributed by atoms with Gasteiger partial charge in [0, 0.05) is 16.4 Å². The maximum Gasteiger partial charge on any atom is 0.310 e. The number of cyclic esters (lactones) is 1. The molecule has 2 aromatic carbocycles. The summed E-state index contributed by atoms with van der Waals surface area (Å²) in [5.74, 6) is -0.901. The van der Waals surface area contributed by atoms with E-state index in [2.05, 4.69) is 4.94 Å². The van der Waals surface area contributed by atoms with Gasteiger partial charge in [0.1, 0.15) is 0 Å². The summed E-state index contributed by atoms with van der Waals surface area (Å²) in [6, 6.07) is 6.70. The van der Waals surface area contributed by atoms with E-state index in [4.69, 9.17) is 23.7 Å². The van der Waals surface area contributed by atoms with Crippen LogP contribution < -0.4 is 23.9 Å². The molecule has 1 fully saturated rings. The number of hydrogen-bond donors (Lipinski definition) is 1. The minimum atomic E-state index is -0.903. The van der Waals surface area contributed by atoms with Crippen LogP contribution in [0.3, 0.4) is 0 Å². The van der Waals surface area contributed by atoms with Gasteiger partial charge in [-0.05, 0) is 41.0 Å². The number of ether oxygens (including phenoxy) is 5. The van der Waals surface area contributed by atoms with Gasteiger partial charge < -0.3 is 28.8 Å². The Morgan fingerprint density at radius 3 is 2.23 bits per heavy atom. The standard InChI is InChI=1S/C21H19FO8/c1-25-15-3-9(4-16(26-2)20(15)30-22)17-10-5-13-14(29-8-28-13)6-11(10)19(23)12-7-27-21(24)18(12)17/h3-6,12,17-19,23H,7-8H2,1-2H3/t12-,17+,18-,19?/m0/s1. The van der Waals surface area contributed by atoms with E-state index in [1.165, 1.54) is 14.2 Å². The second kappa shape index (κ2) is 6.94. The highest BCUT2D eigenvalue weighted by Gasteiger charge is 2.52. The van der Waals surface area contributed by atoms with Crippen molar-refractivity contribution in [2.75, 3.05) is 27.6 Å². The minimum absolute atomic E-state index is 0.0814. The van der Waals surface area contributed by atoms with Crippen LogP contribution in [0.25, 0.3) is 0 Å². The molecule has 2 heterocycles. The van der Waals surface area contributed by atoms with Crippen LogP contribution in [0.1, 0.15) is 28.7 Å². The highest BCUT2D eigenvalue weighted by molar-refractivity contribution is 5.79. The van der Waals surface area contributed by atoms with Gasteiger partial charge in [-0.15, -0.1) is 0 Å². The summed E-state index contributed by atoms with van der Waals surface area (Å²) in [6.45, 7) is 0.188. The summed E-state index contributed by atoms with van der Waals surface area (Å²) in [6.07, 6.45) is -0.903. The molecule has 158 valence electrons. The van der Waals surface area contributed by atoms with Crippen molar-refractivity contribution in [3.05, 3.63) is 41.0 Å². The molecular weight excluding hydrogens is 399 g/mol. The number of aliphatic hydroxyl groups excluding tert-OH is 1. The molecule has 9 heteroatoms. The van der Waals surface area contributed by atoms with Crippen LogP contribution in [0.2, 0.25) is 0 Å². The fourth-order valence-electron chi connectivity index (χ4n) is 4.69. The molecule has 30 heavy (non-hydrogen) atoms. The Labute approximate surface area is 170 Å². The number of benzene rings is 2. The highest BCUT2D eigenvalue weighted by atomic mass is 19.3. The van der Waals surface area contributed by atoms with Gasteiger partial charge in [-0.3, -0.25) is 9.74 Å².